The van der Waals surface area contributed by atoms with Gasteiger partial charge >= 0.3 is 0 Å². The summed E-state index contributed by atoms with van der Waals surface area (Å²) in [6.07, 6.45) is -0.600. The zero-order chi connectivity index (χ0) is 5.44. The van der Waals surface area contributed by atoms with Gasteiger partial charge in [0.2, 0.25) is 0 Å². The monoisotopic (exact) mass is 101 g/mol. The average molecular weight is 101 g/mol. The van der Waals surface area contributed by atoms with Crippen molar-refractivity contribution >= 4 is 5.78 Å². The minimum Gasteiger partial charge on any atom is -0.345 e. The number of ether oxygens (including phenoxy) is 1. The van der Waals surface area contributed by atoms with E-state index in [1.807, 2.05) is 0 Å². The maximum absolute atomic E-state index is 10.2. The number of rotatable bonds is 1. The fourth-order valence-corrected chi connectivity index (χ4v) is 0.451. The van der Waals surface area contributed by atoms with Crippen molar-refractivity contribution in [3.63, 3.8) is 0 Å². The Balaban J connectivity index is 2.33. The highest BCUT2D eigenvalue weighted by atomic mass is 16.6. The van der Waals surface area contributed by atoms with Crippen molar-refractivity contribution in [3.8, 4) is 0 Å². The van der Waals surface area contributed by atoms with Crippen molar-refractivity contribution in [2.45, 2.75) is 19.3 Å². The lowest BCUT2D eigenvalue weighted by Crippen LogP contribution is -2.11. The molecule has 0 aromatic rings. The third kappa shape index (κ3) is 0.783. The number of carbonyl (C=O) groups excluding carboxylic acids is 1. The molecule has 0 unspecified atom stereocenters. The minimum atomic E-state index is -0.308. The predicted molar refractivity (Wildman–Crippen MR) is 23.5 cm³/mol. The second kappa shape index (κ2) is 1.28. The Kier molecular flexibility index (Phi) is 0.867. The van der Waals surface area contributed by atoms with E-state index in [0.717, 1.165) is 0 Å². The Bertz CT molecular complexity index is 102. The van der Waals surface area contributed by atoms with Crippen LogP contribution in [-0.2, 0) is 9.53 Å². The van der Waals surface area contributed by atoms with Gasteiger partial charge in [-0.3, -0.25) is 4.79 Å². The number of ketones is 1. The van der Waals surface area contributed by atoms with Gasteiger partial charge in [-0.05, 0) is 6.92 Å². The minimum absolute atomic E-state index is 0.0208. The quantitative estimate of drug-likeness (QED) is 0.442. The molecule has 1 saturated heterocycles. The summed E-state index contributed by atoms with van der Waals surface area (Å²) in [6.45, 7) is 1.47. The van der Waals surface area contributed by atoms with E-state index in [9.17, 15) is 4.79 Å². The maximum Gasteiger partial charge on any atom is 0.162 e. The van der Waals surface area contributed by atoms with E-state index in [1.54, 1.807) is 0 Å². The Morgan fingerprint density at radius 3 is 2.29 bits per heavy atom. The first-order chi connectivity index (χ1) is 3.22. The molecule has 2 atom stereocenters. The van der Waals surface area contributed by atoms with Gasteiger partial charge in [0.05, 0.1) is 0 Å². The third-order valence-electron chi connectivity index (χ3n) is 0.926. The van der Waals surface area contributed by atoms with E-state index in [-0.39, 0.29) is 18.1 Å². The SMILES string of the molecule is CC(=O)[C@H]1O[C@@H]1N. The summed E-state index contributed by atoms with van der Waals surface area (Å²) >= 11 is 0. The number of nitrogens with two attached hydrogens (primary N) is 1. The van der Waals surface area contributed by atoms with Crippen molar-refractivity contribution in [3.05, 3.63) is 0 Å². The Labute approximate surface area is 41.4 Å². The molecular formula is C4H7NO2. The van der Waals surface area contributed by atoms with Crippen LogP contribution in [0.3, 0.4) is 0 Å². The topological polar surface area (TPSA) is 55.6 Å². The van der Waals surface area contributed by atoms with Gasteiger partial charge in [-0.25, -0.2) is 0 Å². The number of carbonyl (C=O) groups is 1. The highest BCUT2D eigenvalue weighted by Gasteiger charge is 2.39. The molecule has 0 bridgehead atoms. The fourth-order valence-electron chi connectivity index (χ4n) is 0.451. The second-order valence-electron chi connectivity index (χ2n) is 1.63. The van der Waals surface area contributed by atoms with Gasteiger partial charge in [-0.1, -0.05) is 0 Å². The molecule has 0 saturated carbocycles. The first kappa shape index (κ1) is 4.74. The molecule has 1 rings (SSSR count). The van der Waals surface area contributed by atoms with Gasteiger partial charge < -0.3 is 10.5 Å². The van der Waals surface area contributed by atoms with Crippen LogP contribution in [0.2, 0.25) is 0 Å². The summed E-state index contributed by atoms with van der Waals surface area (Å²) in [4.78, 5) is 10.2. The highest BCUT2D eigenvalue weighted by molar-refractivity contribution is 5.83. The molecule has 40 valence electrons. The lowest BCUT2D eigenvalue weighted by molar-refractivity contribution is -0.118. The summed E-state index contributed by atoms with van der Waals surface area (Å²) < 4.78 is 4.61. The maximum atomic E-state index is 10.2. The van der Waals surface area contributed by atoms with Crippen LogP contribution in [0.15, 0.2) is 0 Å². The average Bonchev–Trinajstić information content (AvgIpc) is 2.17. The smallest absolute Gasteiger partial charge is 0.162 e. The van der Waals surface area contributed by atoms with Crippen LogP contribution in [0, 0.1) is 0 Å². The number of hydrogen-bond acceptors (Lipinski definition) is 3. The first-order valence-corrected chi connectivity index (χ1v) is 2.13. The molecule has 2 N–H and O–H groups in total. The van der Waals surface area contributed by atoms with E-state index in [0.29, 0.717) is 0 Å². The fraction of sp³-hybridized carbons (Fsp3) is 0.750. The molecule has 0 amide bonds. The molecule has 1 fully saturated rings. The summed E-state index contributed by atoms with van der Waals surface area (Å²) in [5.74, 6) is 0.0208. The Hall–Kier alpha value is -0.410. The largest absolute Gasteiger partial charge is 0.345 e. The van der Waals surface area contributed by atoms with Gasteiger partial charge in [-0.15, -0.1) is 0 Å². The van der Waals surface area contributed by atoms with Crippen molar-refractivity contribution in [2.75, 3.05) is 0 Å². The molecule has 7 heavy (non-hydrogen) atoms. The number of hydrogen-bond donors (Lipinski definition) is 1. The molecule has 3 nitrogen and oxygen atoms in total. The molecule has 0 aliphatic carbocycles. The molecule has 0 aromatic carbocycles. The Morgan fingerprint density at radius 2 is 2.29 bits per heavy atom. The standard InChI is InChI=1S/C4H7NO2/c1-2(6)3-4(5)7-3/h3-4H,5H2,1H3/t3-,4+/m1/s1. The normalized spacial score (nSPS) is 38.0. The molecule has 0 radical (unpaired) electrons. The van der Waals surface area contributed by atoms with Crippen LogP contribution >= 0.6 is 0 Å². The zero-order valence-corrected chi connectivity index (χ0v) is 4.05. The molecule has 0 aromatic heterocycles. The van der Waals surface area contributed by atoms with E-state index in [1.165, 1.54) is 6.92 Å². The van der Waals surface area contributed by atoms with Crippen LogP contribution in [0.1, 0.15) is 6.92 Å². The van der Waals surface area contributed by atoms with Gasteiger partial charge in [0.25, 0.3) is 0 Å². The third-order valence-corrected chi connectivity index (χ3v) is 0.926. The van der Waals surface area contributed by atoms with Gasteiger partial charge in [0.1, 0.15) is 6.23 Å². The summed E-state index contributed by atoms with van der Waals surface area (Å²) in [6, 6.07) is 0. The lowest BCUT2D eigenvalue weighted by Gasteiger charge is -1.74. The zero-order valence-electron chi connectivity index (χ0n) is 4.05. The predicted octanol–water partition coefficient (Wildman–Crippen LogP) is -0.741. The van der Waals surface area contributed by atoms with Crippen molar-refractivity contribution in [1.29, 1.82) is 0 Å². The second-order valence-corrected chi connectivity index (χ2v) is 1.63. The molecule has 3 heteroatoms. The van der Waals surface area contributed by atoms with E-state index >= 15 is 0 Å². The molecule has 1 aliphatic heterocycles. The van der Waals surface area contributed by atoms with Crippen LogP contribution in [0.4, 0.5) is 0 Å². The highest BCUT2D eigenvalue weighted by Crippen LogP contribution is 2.15. The van der Waals surface area contributed by atoms with E-state index < -0.39 is 0 Å². The number of epoxide rings is 1. The summed E-state index contributed by atoms with van der Waals surface area (Å²) in [5, 5.41) is 0. The van der Waals surface area contributed by atoms with Gasteiger partial charge in [-0.2, -0.15) is 0 Å². The van der Waals surface area contributed by atoms with Crippen LogP contribution in [-0.4, -0.2) is 18.1 Å². The van der Waals surface area contributed by atoms with Crippen molar-refractivity contribution in [2.24, 2.45) is 5.73 Å². The molecule has 1 heterocycles. The van der Waals surface area contributed by atoms with Crippen LogP contribution in [0.5, 0.6) is 0 Å². The molecule has 0 spiro atoms. The summed E-state index contributed by atoms with van der Waals surface area (Å²) in [7, 11) is 0. The first-order valence-electron chi connectivity index (χ1n) is 2.13. The lowest BCUT2D eigenvalue weighted by atomic mass is 10.3. The molecule has 1 aliphatic rings. The molecular weight excluding hydrogens is 94.0 g/mol. The van der Waals surface area contributed by atoms with E-state index in [2.05, 4.69) is 4.74 Å². The van der Waals surface area contributed by atoms with Gasteiger partial charge in [0.15, 0.2) is 11.9 Å². The van der Waals surface area contributed by atoms with E-state index in [4.69, 9.17) is 5.73 Å². The summed E-state index contributed by atoms with van der Waals surface area (Å²) in [5.41, 5.74) is 5.12. The van der Waals surface area contributed by atoms with Crippen molar-refractivity contribution < 1.29 is 9.53 Å². The van der Waals surface area contributed by atoms with Crippen LogP contribution in [0.25, 0.3) is 0 Å². The van der Waals surface area contributed by atoms with Gasteiger partial charge in [0, 0.05) is 0 Å². The Morgan fingerprint density at radius 1 is 1.86 bits per heavy atom. The number of Topliss-reactive ketones (excluding diaryl/α,β-unsaturated/α-hetero) is 1. The van der Waals surface area contributed by atoms with Crippen molar-refractivity contribution in [1.82, 2.24) is 0 Å². The van der Waals surface area contributed by atoms with Crippen LogP contribution < -0.4 is 5.73 Å².